The van der Waals surface area contributed by atoms with Crippen LogP contribution in [0.5, 0.6) is 0 Å². The van der Waals surface area contributed by atoms with Crippen molar-refractivity contribution in [2.24, 2.45) is 0 Å². The molecule has 2 rings (SSSR count). The van der Waals surface area contributed by atoms with Gasteiger partial charge in [-0.1, -0.05) is 48.9 Å². The number of nitrogens with zero attached hydrogens (tertiary/aromatic N) is 2. The number of rotatable bonds is 9. The van der Waals surface area contributed by atoms with Crippen molar-refractivity contribution in [2.45, 2.75) is 52.2 Å². The van der Waals surface area contributed by atoms with Gasteiger partial charge >= 0.3 is 0 Å². The molecule has 9 heteroatoms. The Morgan fingerprint density at radius 2 is 1.61 bits per heavy atom. The van der Waals surface area contributed by atoms with Gasteiger partial charge in [0, 0.05) is 17.1 Å². The number of carbonyl (C=O) groups is 2. The van der Waals surface area contributed by atoms with E-state index in [9.17, 15) is 18.0 Å². The second-order valence-electron chi connectivity index (χ2n) is 8.92. The largest absolute Gasteiger partial charge is 0.350 e. The van der Waals surface area contributed by atoms with Gasteiger partial charge in [-0.3, -0.25) is 13.9 Å². The van der Waals surface area contributed by atoms with Crippen LogP contribution in [0.25, 0.3) is 0 Å². The number of anilines is 1. The fourth-order valence-corrected chi connectivity index (χ4v) is 4.34. The van der Waals surface area contributed by atoms with Gasteiger partial charge in [-0.25, -0.2) is 8.42 Å². The molecule has 7 nitrogen and oxygen atoms in total. The Hall–Kier alpha value is -2.58. The van der Waals surface area contributed by atoms with Crippen LogP contribution in [-0.4, -0.2) is 49.5 Å². The highest BCUT2D eigenvalue weighted by molar-refractivity contribution is 7.92. The van der Waals surface area contributed by atoms with Gasteiger partial charge in [0.2, 0.25) is 21.8 Å². The normalized spacial score (nSPS) is 12.7. The first kappa shape index (κ1) is 26.7. The molecule has 0 fully saturated rings. The molecule has 1 atom stereocenters. The maximum Gasteiger partial charge on any atom is 0.244 e. The lowest BCUT2D eigenvalue weighted by atomic mass is 10.1. The zero-order valence-corrected chi connectivity index (χ0v) is 21.3. The summed E-state index contributed by atoms with van der Waals surface area (Å²) in [5, 5.41) is 3.49. The average molecular weight is 494 g/mol. The van der Waals surface area contributed by atoms with E-state index in [1.165, 1.54) is 4.90 Å². The second kappa shape index (κ2) is 11.0. The van der Waals surface area contributed by atoms with Gasteiger partial charge in [0.15, 0.2) is 0 Å². The molecule has 1 N–H and O–H groups in total. The van der Waals surface area contributed by atoms with Crippen molar-refractivity contribution in [3.8, 4) is 0 Å². The van der Waals surface area contributed by atoms with Crippen LogP contribution in [0.15, 0.2) is 54.6 Å². The van der Waals surface area contributed by atoms with E-state index in [4.69, 9.17) is 11.6 Å². The molecule has 0 bridgehead atoms. The first-order valence-electron chi connectivity index (χ1n) is 10.7. The van der Waals surface area contributed by atoms with Crippen molar-refractivity contribution >= 4 is 39.1 Å². The van der Waals surface area contributed by atoms with Gasteiger partial charge < -0.3 is 10.2 Å². The smallest absolute Gasteiger partial charge is 0.244 e. The van der Waals surface area contributed by atoms with Crippen LogP contribution in [0.2, 0.25) is 5.02 Å². The van der Waals surface area contributed by atoms with Crippen LogP contribution in [-0.2, 0) is 26.2 Å². The van der Waals surface area contributed by atoms with E-state index in [0.717, 1.165) is 16.1 Å². The SMILES string of the molecule is CC[C@@H](C(=O)NC(C)(C)C)N(Cc1ccc(Cl)cc1)C(=O)CN(c1ccccc1)S(C)(=O)=O. The Morgan fingerprint density at radius 3 is 2.09 bits per heavy atom. The van der Waals surface area contributed by atoms with Crippen LogP contribution in [0, 0.1) is 0 Å². The minimum atomic E-state index is -3.74. The molecule has 180 valence electrons. The van der Waals surface area contributed by atoms with E-state index >= 15 is 0 Å². The zero-order valence-electron chi connectivity index (χ0n) is 19.7. The molecule has 0 saturated heterocycles. The van der Waals surface area contributed by atoms with Crippen LogP contribution in [0.3, 0.4) is 0 Å². The van der Waals surface area contributed by atoms with Crippen LogP contribution >= 0.6 is 11.6 Å². The first-order valence-corrected chi connectivity index (χ1v) is 12.9. The lowest BCUT2D eigenvalue weighted by Gasteiger charge is -2.34. The third-order valence-electron chi connectivity index (χ3n) is 4.87. The monoisotopic (exact) mass is 493 g/mol. The highest BCUT2D eigenvalue weighted by Gasteiger charge is 2.32. The van der Waals surface area contributed by atoms with Crippen molar-refractivity contribution in [3.05, 3.63) is 65.2 Å². The Bertz CT molecular complexity index is 1050. The minimum absolute atomic E-state index is 0.137. The lowest BCUT2D eigenvalue weighted by Crippen LogP contribution is -2.55. The third-order valence-corrected chi connectivity index (χ3v) is 6.27. The molecule has 2 aromatic rings. The molecule has 2 aromatic carbocycles. The number of amides is 2. The van der Waals surface area contributed by atoms with Gasteiger partial charge in [0.25, 0.3) is 0 Å². The number of carbonyl (C=O) groups excluding carboxylic acids is 2. The number of nitrogens with one attached hydrogen (secondary N) is 1. The number of sulfonamides is 1. The molecule has 0 spiro atoms. The highest BCUT2D eigenvalue weighted by atomic mass is 35.5. The zero-order chi connectivity index (χ0) is 24.8. The Kier molecular flexibility index (Phi) is 8.91. The molecule has 0 aliphatic heterocycles. The van der Waals surface area contributed by atoms with Crippen LogP contribution in [0.4, 0.5) is 5.69 Å². The summed E-state index contributed by atoms with van der Waals surface area (Å²) in [6.45, 7) is 7.13. The number of hydrogen-bond acceptors (Lipinski definition) is 4. The van der Waals surface area contributed by atoms with E-state index < -0.39 is 34.1 Å². The van der Waals surface area contributed by atoms with Crippen molar-refractivity contribution < 1.29 is 18.0 Å². The lowest BCUT2D eigenvalue weighted by molar-refractivity contribution is -0.141. The van der Waals surface area contributed by atoms with Crippen molar-refractivity contribution in [1.82, 2.24) is 10.2 Å². The van der Waals surface area contributed by atoms with Gasteiger partial charge in [-0.05, 0) is 57.0 Å². The number of benzene rings is 2. The van der Waals surface area contributed by atoms with Crippen molar-refractivity contribution in [2.75, 3.05) is 17.1 Å². The number of hydrogen-bond donors (Lipinski definition) is 1. The molecule has 2 amide bonds. The average Bonchev–Trinajstić information content (AvgIpc) is 2.71. The number of halogens is 1. The summed E-state index contributed by atoms with van der Waals surface area (Å²) in [4.78, 5) is 28.0. The second-order valence-corrected chi connectivity index (χ2v) is 11.3. The molecule has 0 radical (unpaired) electrons. The summed E-state index contributed by atoms with van der Waals surface area (Å²) in [7, 11) is -3.74. The van der Waals surface area contributed by atoms with E-state index in [0.29, 0.717) is 17.1 Å². The van der Waals surface area contributed by atoms with Gasteiger partial charge in [-0.15, -0.1) is 0 Å². The fourth-order valence-electron chi connectivity index (χ4n) is 3.37. The predicted molar refractivity (Wildman–Crippen MR) is 133 cm³/mol. The van der Waals surface area contributed by atoms with Crippen LogP contribution in [0.1, 0.15) is 39.7 Å². The maximum absolute atomic E-state index is 13.5. The van der Waals surface area contributed by atoms with Crippen molar-refractivity contribution in [1.29, 1.82) is 0 Å². The van der Waals surface area contributed by atoms with Crippen molar-refractivity contribution in [3.63, 3.8) is 0 Å². The van der Waals surface area contributed by atoms with E-state index in [1.807, 2.05) is 27.7 Å². The first-order chi connectivity index (χ1) is 15.3. The maximum atomic E-state index is 13.5. The topological polar surface area (TPSA) is 86.8 Å². The van der Waals surface area contributed by atoms with Gasteiger partial charge in [0.05, 0.1) is 11.9 Å². The molecule has 0 aliphatic rings. The fraction of sp³-hybridized carbons (Fsp3) is 0.417. The highest BCUT2D eigenvalue weighted by Crippen LogP contribution is 2.20. The summed E-state index contributed by atoms with van der Waals surface area (Å²) >= 11 is 5.99. The Labute approximate surface area is 201 Å². The minimum Gasteiger partial charge on any atom is -0.350 e. The van der Waals surface area contributed by atoms with Crippen LogP contribution < -0.4 is 9.62 Å². The predicted octanol–water partition coefficient (Wildman–Crippen LogP) is 3.83. The standard InChI is InChI=1S/C24H32ClN3O4S/c1-6-21(23(30)26-24(2,3)4)27(16-18-12-14-19(25)15-13-18)22(29)17-28(33(5,31)32)20-10-8-7-9-11-20/h7-15,21H,6,16-17H2,1-5H3,(H,26,30)/t21-/m0/s1. The summed E-state index contributed by atoms with van der Waals surface area (Å²) in [5.74, 6) is -0.770. The summed E-state index contributed by atoms with van der Waals surface area (Å²) < 4.78 is 26.1. The molecule has 0 heterocycles. The quantitative estimate of drug-likeness (QED) is 0.575. The molecule has 0 saturated carbocycles. The summed E-state index contributed by atoms with van der Waals surface area (Å²) in [6, 6.07) is 14.6. The molecular weight excluding hydrogens is 462 g/mol. The molecule has 0 unspecified atom stereocenters. The van der Waals surface area contributed by atoms with Gasteiger partial charge in [0.1, 0.15) is 12.6 Å². The summed E-state index contributed by atoms with van der Waals surface area (Å²) in [6.07, 6.45) is 1.42. The molecule has 33 heavy (non-hydrogen) atoms. The molecular formula is C24H32ClN3O4S. The molecule has 0 aromatic heterocycles. The van der Waals surface area contributed by atoms with E-state index in [1.54, 1.807) is 54.6 Å². The Morgan fingerprint density at radius 1 is 1.03 bits per heavy atom. The summed E-state index contributed by atoms with van der Waals surface area (Å²) in [5.41, 5.74) is 0.676. The van der Waals surface area contributed by atoms with E-state index in [2.05, 4.69) is 5.32 Å². The third kappa shape index (κ3) is 8.05. The van der Waals surface area contributed by atoms with Gasteiger partial charge in [-0.2, -0.15) is 0 Å². The molecule has 0 aliphatic carbocycles. The number of para-hydroxylation sites is 1. The van der Waals surface area contributed by atoms with E-state index in [-0.39, 0.29) is 12.5 Å². The Balaban J connectivity index is 2.42.